The maximum Gasteiger partial charge on any atom is 0.303 e. The van der Waals surface area contributed by atoms with E-state index in [1.54, 1.807) is 6.20 Å². The molecule has 0 bridgehead atoms. The van der Waals surface area contributed by atoms with Crippen LogP contribution in [0, 0.1) is 0 Å². The van der Waals surface area contributed by atoms with Gasteiger partial charge in [-0.25, -0.2) is 0 Å². The highest BCUT2D eigenvalue weighted by atomic mass is 16.4. The van der Waals surface area contributed by atoms with Crippen molar-refractivity contribution in [2.75, 3.05) is 0 Å². The molecular weight excluding hydrogens is 180 g/mol. The average Bonchev–Trinajstić information content (AvgIpc) is 2.46. The summed E-state index contributed by atoms with van der Waals surface area (Å²) in [5.41, 5.74) is 0.886. The minimum Gasteiger partial charge on any atom is -0.481 e. The van der Waals surface area contributed by atoms with Crippen LogP contribution in [0.25, 0.3) is 0 Å². The average molecular weight is 196 g/mol. The highest BCUT2D eigenvalue weighted by molar-refractivity contribution is 5.66. The predicted molar refractivity (Wildman–Crippen MR) is 53.2 cm³/mol. The second kappa shape index (κ2) is 3.82. The number of carboxylic acids is 1. The summed E-state index contributed by atoms with van der Waals surface area (Å²) >= 11 is 0. The van der Waals surface area contributed by atoms with Gasteiger partial charge in [-0.1, -0.05) is 0 Å². The molecule has 1 rings (SSSR count). The van der Waals surface area contributed by atoms with Crippen molar-refractivity contribution in [2.24, 2.45) is 0 Å². The molecule has 0 aliphatic carbocycles. The Balaban J connectivity index is 2.78. The van der Waals surface area contributed by atoms with E-state index >= 15 is 0 Å². The molecule has 4 nitrogen and oxygen atoms in total. The van der Waals surface area contributed by atoms with Gasteiger partial charge in [0.25, 0.3) is 0 Å². The zero-order chi connectivity index (χ0) is 10.8. The summed E-state index contributed by atoms with van der Waals surface area (Å²) in [6, 6.07) is 1.87. The Morgan fingerprint density at radius 1 is 1.57 bits per heavy atom. The molecular formula is C10H16N2O2. The van der Waals surface area contributed by atoms with E-state index in [1.165, 1.54) is 0 Å². The lowest BCUT2D eigenvalue weighted by Gasteiger charge is -2.22. The van der Waals surface area contributed by atoms with Crippen molar-refractivity contribution < 1.29 is 9.90 Å². The quantitative estimate of drug-likeness (QED) is 0.799. The monoisotopic (exact) mass is 196 g/mol. The number of aliphatic carboxylic acids is 1. The third-order valence-electron chi connectivity index (χ3n) is 1.95. The summed E-state index contributed by atoms with van der Waals surface area (Å²) in [6.07, 6.45) is 2.40. The summed E-state index contributed by atoms with van der Waals surface area (Å²) in [5, 5.41) is 12.8. The van der Waals surface area contributed by atoms with Crippen molar-refractivity contribution >= 4 is 5.97 Å². The minimum absolute atomic E-state index is 0.0860. The van der Waals surface area contributed by atoms with Gasteiger partial charge in [0.05, 0.1) is 12.0 Å². The van der Waals surface area contributed by atoms with Gasteiger partial charge in [-0.3, -0.25) is 9.48 Å². The lowest BCUT2D eigenvalue weighted by atomic mass is 10.1. The molecule has 78 valence electrons. The Hall–Kier alpha value is -1.32. The Labute approximate surface area is 83.5 Å². The molecule has 0 aliphatic heterocycles. The molecule has 1 N–H and O–H groups in total. The van der Waals surface area contributed by atoms with Crippen molar-refractivity contribution in [3.05, 3.63) is 18.0 Å². The highest BCUT2D eigenvalue weighted by Crippen LogP contribution is 2.16. The number of rotatable bonds is 3. The van der Waals surface area contributed by atoms with Crippen LogP contribution in [0.5, 0.6) is 0 Å². The fourth-order valence-corrected chi connectivity index (χ4v) is 1.36. The molecule has 0 saturated heterocycles. The number of carboxylic acid groups (broad SMARTS) is 1. The molecule has 0 atom stereocenters. The topological polar surface area (TPSA) is 55.1 Å². The van der Waals surface area contributed by atoms with Crippen molar-refractivity contribution in [1.82, 2.24) is 9.78 Å². The third kappa shape index (κ3) is 2.58. The van der Waals surface area contributed by atoms with Gasteiger partial charge in [-0.15, -0.1) is 0 Å². The van der Waals surface area contributed by atoms with E-state index in [0.717, 1.165) is 5.69 Å². The molecule has 0 unspecified atom stereocenters. The van der Waals surface area contributed by atoms with Crippen LogP contribution in [0.2, 0.25) is 0 Å². The van der Waals surface area contributed by atoms with Gasteiger partial charge < -0.3 is 5.11 Å². The molecule has 1 heterocycles. The number of aryl methyl sites for hydroxylation is 1. The van der Waals surface area contributed by atoms with Gasteiger partial charge in [0, 0.05) is 11.9 Å². The molecule has 0 fully saturated rings. The normalized spacial score (nSPS) is 11.6. The summed E-state index contributed by atoms with van der Waals surface area (Å²) in [4.78, 5) is 10.4. The van der Waals surface area contributed by atoms with Crippen molar-refractivity contribution in [2.45, 2.75) is 39.2 Å². The first-order chi connectivity index (χ1) is 6.41. The Bertz CT molecular complexity index is 323. The second-order valence-corrected chi connectivity index (χ2v) is 4.30. The minimum atomic E-state index is -0.772. The van der Waals surface area contributed by atoms with E-state index in [2.05, 4.69) is 5.10 Å². The first-order valence-electron chi connectivity index (χ1n) is 4.66. The van der Waals surface area contributed by atoms with Gasteiger partial charge in [0.1, 0.15) is 0 Å². The van der Waals surface area contributed by atoms with Gasteiger partial charge in [0.15, 0.2) is 0 Å². The maximum absolute atomic E-state index is 10.4. The van der Waals surface area contributed by atoms with Crippen LogP contribution < -0.4 is 0 Å². The van der Waals surface area contributed by atoms with Crippen LogP contribution in [0.15, 0.2) is 12.3 Å². The van der Waals surface area contributed by atoms with Crippen LogP contribution in [0.1, 0.15) is 32.9 Å². The summed E-state index contributed by atoms with van der Waals surface area (Å²) in [6.45, 7) is 6.14. The van der Waals surface area contributed by atoms with Crippen LogP contribution in [-0.4, -0.2) is 20.9 Å². The Kier molecular flexibility index (Phi) is 2.93. The Morgan fingerprint density at radius 3 is 2.71 bits per heavy atom. The SMILES string of the molecule is CC(C)(C)n1nccc1CCC(=O)O. The van der Waals surface area contributed by atoms with E-state index < -0.39 is 5.97 Å². The van der Waals surface area contributed by atoms with E-state index in [9.17, 15) is 4.79 Å². The van der Waals surface area contributed by atoms with Gasteiger partial charge >= 0.3 is 5.97 Å². The molecule has 1 aromatic rings. The summed E-state index contributed by atoms with van der Waals surface area (Å²) in [7, 11) is 0. The third-order valence-corrected chi connectivity index (χ3v) is 1.95. The summed E-state index contributed by atoms with van der Waals surface area (Å²) < 4.78 is 1.87. The first-order valence-corrected chi connectivity index (χ1v) is 4.66. The van der Waals surface area contributed by atoms with Gasteiger partial charge in [-0.2, -0.15) is 5.10 Å². The molecule has 0 aromatic carbocycles. The number of nitrogens with zero attached hydrogens (tertiary/aromatic N) is 2. The van der Waals surface area contributed by atoms with Crippen LogP contribution in [-0.2, 0) is 16.8 Å². The standard InChI is InChI=1S/C10H16N2O2/c1-10(2,3)12-8(6-7-11-12)4-5-9(13)14/h6-7H,4-5H2,1-3H3,(H,13,14). The fraction of sp³-hybridized carbons (Fsp3) is 0.600. The zero-order valence-electron chi connectivity index (χ0n) is 8.82. The predicted octanol–water partition coefficient (Wildman–Crippen LogP) is 1.66. The summed E-state index contributed by atoms with van der Waals surface area (Å²) in [5.74, 6) is -0.772. The van der Waals surface area contributed by atoms with Crippen LogP contribution in [0.3, 0.4) is 0 Å². The lowest BCUT2D eigenvalue weighted by Crippen LogP contribution is -2.25. The molecule has 0 aliphatic rings. The largest absolute Gasteiger partial charge is 0.481 e. The maximum atomic E-state index is 10.4. The number of carbonyl (C=O) groups is 1. The van der Waals surface area contributed by atoms with Crippen molar-refractivity contribution in [3.8, 4) is 0 Å². The molecule has 0 spiro atoms. The van der Waals surface area contributed by atoms with Crippen LogP contribution >= 0.6 is 0 Å². The van der Waals surface area contributed by atoms with Gasteiger partial charge in [0.2, 0.25) is 0 Å². The molecule has 4 heteroatoms. The highest BCUT2D eigenvalue weighted by Gasteiger charge is 2.17. The molecule has 1 aromatic heterocycles. The number of hydrogen-bond acceptors (Lipinski definition) is 2. The molecule has 14 heavy (non-hydrogen) atoms. The molecule has 0 radical (unpaired) electrons. The number of aromatic nitrogens is 2. The molecule has 0 amide bonds. The van der Waals surface area contributed by atoms with Gasteiger partial charge in [-0.05, 0) is 33.3 Å². The van der Waals surface area contributed by atoms with Crippen molar-refractivity contribution in [1.29, 1.82) is 0 Å². The second-order valence-electron chi connectivity index (χ2n) is 4.30. The van der Waals surface area contributed by atoms with E-state index in [1.807, 2.05) is 31.5 Å². The molecule has 0 saturated carbocycles. The van der Waals surface area contributed by atoms with E-state index in [4.69, 9.17) is 5.11 Å². The van der Waals surface area contributed by atoms with Crippen LogP contribution in [0.4, 0.5) is 0 Å². The van der Waals surface area contributed by atoms with E-state index in [-0.39, 0.29) is 12.0 Å². The lowest BCUT2D eigenvalue weighted by molar-refractivity contribution is -0.137. The first kappa shape index (κ1) is 10.8. The Morgan fingerprint density at radius 2 is 2.21 bits per heavy atom. The fourth-order valence-electron chi connectivity index (χ4n) is 1.36. The zero-order valence-corrected chi connectivity index (χ0v) is 8.82. The number of hydrogen-bond donors (Lipinski definition) is 1. The van der Waals surface area contributed by atoms with E-state index in [0.29, 0.717) is 6.42 Å². The van der Waals surface area contributed by atoms with Crippen molar-refractivity contribution in [3.63, 3.8) is 0 Å². The smallest absolute Gasteiger partial charge is 0.303 e.